The van der Waals surface area contributed by atoms with Crippen LogP contribution in [-0.2, 0) is 11.3 Å². The molecule has 24 heavy (non-hydrogen) atoms. The van der Waals surface area contributed by atoms with E-state index >= 15 is 0 Å². The monoisotopic (exact) mass is 326 g/mol. The van der Waals surface area contributed by atoms with Crippen molar-refractivity contribution in [1.82, 2.24) is 0 Å². The second-order valence-electron chi connectivity index (χ2n) is 5.56. The van der Waals surface area contributed by atoms with Crippen molar-refractivity contribution in [3.63, 3.8) is 0 Å². The number of hydrogen-bond acceptors (Lipinski definition) is 2. The molecule has 0 heterocycles. The molecule has 0 atom stereocenters. The number of ether oxygens (including phenoxy) is 1. The second kappa shape index (κ2) is 6.42. The lowest BCUT2D eigenvalue weighted by Crippen LogP contribution is -1.96. The van der Waals surface area contributed by atoms with Gasteiger partial charge in [-0.2, -0.15) is 0 Å². The van der Waals surface area contributed by atoms with Crippen LogP contribution in [0.5, 0.6) is 0 Å². The topological polar surface area (TPSA) is 29.5 Å². The number of hydrogen-bond donors (Lipinski definition) is 1. The summed E-state index contributed by atoms with van der Waals surface area (Å²) < 4.78 is 34.0. The Morgan fingerprint density at radius 3 is 2.42 bits per heavy atom. The van der Waals surface area contributed by atoms with Crippen LogP contribution >= 0.6 is 0 Å². The average Bonchev–Trinajstić information content (AvgIpc) is 2.54. The number of halogens is 2. The maximum absolute atomic E-state index is 14.5. The van der Waals surface area contributed by atoms with Crippen LogP contribution in [0.25, 0.3) is 27.7 Å². The molecule has 0 aliphatic carbocycles. The molecule has 0 saturated heterocycles. The zero-order chi connectivity index (χ0) is 17.3. The van der Waals surface area contributed by atoms with Crippen LogP contribution in [0, 0.1) is 11.6 Å². The fourth-order valence-electron chi connectivity index (χ4n) is 2.80. The van der Waals surface area contributed by atoms with Gasteiger partial charge in [0.25, 0.3) is 0 Å². The Bertz CT molecular complexity index is 909. The van der Waals surface area contributed by atoms with Crippen molar-refractivity contribution in [3.8, 4) is 11.1 Å². The molecule has 0 aliphatic heterocycles. The summed E-state index contributed by atoms with van der Waals surface area (Å²) >= 11 is 0. The zero-order valence-electron chi connectivity index (χ0n) is 13.1. The summed E-state index contributed by atoms with van der Waals surface area (Å²) in [7, 11) is 1.47. The first-order chi connectivity index (χ1) is 11.5. The number of rotatable bonds is 4. The average molecular weight is 326 g/mol. The van der Waals surface area contributed by atoms with Crippen LogP contribution in [0.4, 0.5) is 8.78 Å². The summed E-state index contributed by atoms with van der Waals surface area (Å²) in [4.78, 5) is 0. The highest BCUT2D eigenvalue weighted by molar-refractivity contribution is 5.98. The highest BCUT2D eigenvalue weighted by atomic mass is 19.1. The molecule has 0 fully saturated rings. The van der Waals surface area contributed by atoms with Crippen molar-refractivity contribution in [2.24, 2.45) is 0 Å². The summed E-state index contributed by atoms with van der Waals surface area (Å²) in [6, 6.07) is 13.0. The molecule has 0 bridgehead atoms. The molecule has 0 saturated carbocycles. The van der Waals surface area contributed by atoms with E-state index in [1.54, 1.807) is 30.3 Å². The van der Waals surface area contributed by atoms with Crippen LogP contribution in [-0.4, -0.2) is 12.2 Å². The van der Waals surface area contributed by atoms with Gasteiger partial charge in [0.15, 0.2) is 0 Å². The Hall–Kier alpha value is -2.72. The SMILES string of the molecule is C=C(O)c1ccc2cccc(-c3c(F)cc(COC)cc3F)c2c1. The second-order valence-corrected chi connectivity index (χ2v) is 5.56. The highest BCUT2D eigenvalue weighted by Gasteiger charge is 2.16. The summed E-state index contributed by atoms with van der Waals surface area (Å²) in [5.41, 5.74) is 1.27. The van der Waals surface area contributed by atoms with E-state index in [0.717, 1.165) is 5.39 Å². The normalized spacial score (nSPS) is 11.0. The molecule has 0 spiro atoms. The summed E-state index contributed by atoms with van der Waals surface area (Å²) in [6.45, 7) is 3.63. The molecule has 0 aromatic heterocycles. The van der Waals surface area contributed by atoms with Gasteiger partial charge in [-0.3, -0.25) is 0 Å². The molecule has 4 heteroatoms. The van der Waals surface area contributed by atoms with Gasteiger partial charge < -0.3 is 9.84 Å². The summed E-state index contributed by atoms with van der Waals surface area (Å²) in [5.74, 6) is -1.39. The smallest absolute Gasteiger partial charge is 0.134 e. The third-order valence-corrected chi connectivity index (χ3v) is 3.90. The van der Waals surface area contributed by atoms with Gasteiger partial charge in [0.05, 0.1) is 12.2 Å². The Kier molecular flexibility index (Phi) is 4.32. The van der Waals surface area contributed by atoms with E-state index in [-0.39, 0.29) is 17.9 Å². The lowest BCUT2D eigenvalue weighted by atomic mass is 9.95. The van der Waals surface area contributed by atoms with E-state index in [1.165, 1.54) is 19.2 Å². The minimum Gasteiger partial charge on any atom is -0.508 e. The first-order valence-electron chi connectivity index (χ1n) is 7.39. The van der Waals surface area contributed by atoms with Crippen LogP contribution in [0.15, 0.2) is 55.1 Å². The number of aliphatic hydroxyl groups is 1. The molecule has 0 aliphatic rings. The van der Waals surface area contributed by atoms with E-state index in [0.29, 0.717) is 22.1 Å². The number of fused-ring (bicyclic) bond motifs is 1. The Morgan fingerprint density at radius 2 is 1.79 bits per heavy atom. The van der Waals surface area contributed by atoms with Crippen LogP contribution in [0.1, 0.15) is 11.1 Å². The van der Waals surface area contributed by atoms with Gasteiger partial charge in [-0.25, -0.2) is 8.78 Å². The molecule has 122 valence electrons. The fourth-order valence-corrected chi connectivity index (χ4v) is 2.80. The van der Waals surface area contributed by atoms with Crippen molar-refractivity contribution in [2.45, 2.75) is 6.61 Å². The van der Waals surface area contributed by atoms with E-state index in [2.05, 4.69) is 6.58 Å². The standard InChI is InChI=1S/C20H16F2O2/c1-12(23)15-7-6-14-4-3-5-16(17(14)10-15)20-18(21)8-13(11-24-2)9-19(20)22/h3-10,23H,1,11H2,2H3. The first kappa shape index (κ1) is 16.1. The lowest BCUT2D eigenvalue weighted by molar-refractivity contribution is 0.184. The van der Waals surface area contributed by atoms with Gasteiger partial charge >= 0.3 is 0 Å². The minimum absolute atomic E-state index is 0.0944. The van der Waals surface area contributed by atoms with Gasteiger partial charge in [0, 0.05) is 12.7 Å². The van der Waals surface area contributed by atoms with Gasteiger partial charge in [-0.15, -0.1) is 0 Å². The van der Waals surface area contributed by atoms with Crippen molar-refractivity contribution in [1.29, 1.82) is 0 Å². The molecule has 3 rings (SSSR count). The van der Waals surface area contributed by atoms with E-state index < -0.39 is 11.6 Å². The van der Waals surface area contributed by atoms with E-state index in [4.69, 9.17) is 4.74 Å². The summed E-state index contributed by atoms with van der Waals surface area (Å²) in [5, 5.41) is 11.1. The van der Waals surface area contributed by atoms with Gasteiger partial charge in [0.1, 0.15) is 17.4 Å². The number of methoxy groups -OCH3 is 1. The molecule has 3 aromatic rings. The van der Waals surface area contributed by atoms with Crippen molar-refractivity contribution in [3.05, 3.63) is 77.9 Å². The molecule has 2 nitrogen and oxygen atoms in total. The highest BCUT2D eigenvalue weighted by Crippen LogP contribution is 2.34. The Balaban J connectivity index is 2.26. The Morgan fingerprint density at radius 1 is 1.08 bits per heavy atom. The van der Waals surface area contributed by atoms with E-state index in [1.807, 2.05) is 6.07 Å². The van der Waals surface area contributed by atoms with Gasteiger partial charge in [-0.05, 0) is 40.1 Å². The van der Waals surface area contributed by atoms with Crippen LogP contribution < -0.4 is 0 Å². The quantitative estimate of drug-likeness (QED) is 0.645. The number of aliphatic hydroxyl groups excluding tert-OH is 1. The Labute approximate surface area is 138 Å². The van der Waals surface area contributed by atoms with Crippen LogP contribution in [0.2, 0.25) is 0 Å². The molecule has 0 amide bonds. The predicted octanol–water partition coefficient (Wildman–Crippen LogP) is 5.46. The van der Waals surface area contributed by atoms with Crippen molar-refractivity contribution >= 4 is 16.5 Å². The maximum Gasteiger partial charge on any atom is 0.134 e. The van der Waals surface area contributed by atoms with E-state index in [9.17, 15) is 13.9 Å². The summed E-state index contributed by atoms with van der Waals surface area (Å²) in [6.07, 6.45) is 0. The zero-order valence-corrected chi connectivity index (χ0v) is 13.1. The predicted molar refractivity (Wildman–Crippen MR) is 91.7 cm³/mol. The molecular formula is C20H16F2O2. The van der Waals surface area contributed by atoms with Gasteiger partial charge in [0.2, 0.25) is 0 Å². The largest absolute Gasteiger partial charge is 0.508 e. The maximum atomic E-state index is 14.5. The molecular weight excluding hydrogens is 310 g/mol. The number of benzene rings is 3. The van der Waals surface area contributed by atoms with Gasteiger partial charge in [-0.1, -0.05) is 36.9 Å². The third-order valence-electron chi connectivity index (χ3n) is 3.90. The molecule has 0 unspecified atom stereocenters. The lowest BCUT2D eigenvalue weighted by Gasteiger charge is -2.12. The molecule has 1 N–H and O–H groups in total. The molecule has 0 radical (unpaired) electrons. The minimum atomic E-state index is -0.650. The third kappa shape index (κ3) is 2.88. The first-order valence-corrected chi connectivity index (χ1v) is 7.39. The van der Waals surface area contributed by atoms with Crippen molar-refractivity contribution < 1.29 is 18.6 Å². The van der Waals surface area contributed by atoms with Crippen LogP contribution in [0.3, 0.4) is 0 Å². The van der Waals surface area contributed by atoms with Crippen molar-refractivity contribution in [2.75, 3.05) is 7.11 Å². The fraction of sp³-hybridized carbons (Fsp3) is 0.100. The molecule has 3 aromatic carbocycles.